The van der Waals surface area contributed by atoms with E-state index in [-0.39, 0.29) is 30.3 Å². The maximum atomic E-state index is 14.0. The summed E-state index contributed by atoms with van der Waals surface area (Å²) >= 11 is 0. The molecule has 6 rings (SSSR count). The van der Waals surface area contributed by atoms with Crippen molar-refractivity contribution < 1.29 is 19.4 Å². The van der Waals surface area contributed by atoms with Crippen LogP contribution in [0, 0.1) is 6.92 Å². The predicted molar refractivity (Wildman–Crippen MR) is 175 cm³/mol. The number of likely N-dealkylation sites (N-methyl/N-ethyl adjacent to an activating group) is 1. The number of aryl methyl sites for hydroxylation is 1. The fraction of sp³-hybridized carbons (Fsp3) is 0.429. The molecular formula is C35H44N6O4. The molecule has 2 aromatic rings. The van der Waals surface area contributed by atoms with Crippen molar-refractivity contribution in [2.24, 2.45) is 0 Å². The average Bonchev–Trinajstić information content (AvgIpc) is 3.01. The monoisotopic (exact) mass is 612 g/mol. The zero-order valence-electron chi connectivity index (χ0n) is 26.3. The second-order valence-corrected chi connectivity index (χ2v) is 12.4. The van der Waals surface area contributed by atoms with Gasteiger partial charge in [0.25, 0.3) is 0 Å². The summed E-state index contributed by atoms with van der Waals surface area (Å²) in [6, 6.07) is 11.1. The Morgan fingerprint density at radius 1 is 1.18 bits per heavy atom. The summed E-state index contributed by atoms with van der Waals surface area (Å²) in [5, 5.41) is 16.6. The van der Waals surface area contributed by atoms with Crippen molar-refractivity contribution in [3.8, 4) is 11.5 Å². The van der Waals surface area contributed by atoms with Gasteiger partial charge in [0.15, 0.2) is 0 Å². The number of phenols is 1. The molecule has 0 aromatic heterocycles. The van der Waals surface area contributed by atoms with E-state index in [2.05, 4.69) is 66.0 Å². The number of carbonyl (C=O) groups excluding carboxylic acids is 2. The third kappa shape index (κ3) is 6.72. The number of urea groups is 1. The second-order valence-electron chi connectivity index (χ2n) is 12.4. The lowest BCUT2D eigenvalue weighted by molar-refractivity contribution is -0.182. The first-order valence-electron chi connectivity index (χ1n) is 15.9. The highest BCUT2D eigenvalue weighted by molar-refractivity contribution is 5.83. The number of piperazine rings is 1. The molecule has 2 atom stereocenters. The number of nitrogens with zero attached hydrogens (tertiary/aromatic N) is 5. The molecule has 2 fully saturated rings. The van der Waals surface area contributed by atoms with Crippen LogP contribution >= 0.6 is 0 Å². The van der Waals surface area contributed by atoms with Gasteiger partial charge in [0, 0.05) is 39.8 Å². The second kappa shape index (κ2) is 13.4. The number of phenolic OH excluding ortho intramolecular Hbond substituents is 1. The van der Waals surface area contributed by atoms with Crippen molar-refractivity contribution in [2.45, 2.75) is 44.9 Å². The molecule has 10 nitrogen and oxygen atoms in total. The Morgan fingerprint density at radius 3 is 2.76 bits per heavy atom. The standard InChI is InChI=1S/C35H44N6O4/c1-4-14-39-24-33(43)40-29(19-26-10-12-30(42)13-11-26)22-38(21-28-17-25(2)18-31-34(28)37(3)15-16-45-31)23-32(40)41(39)35(44)36-20-27-8-6-5-7-9-27/h4,6,8-13,17-18,29,32,42H,1,5,7,14-16,19-24H2,2-3H3,(H,36,44)/t29-,32-/m0/s1. The number of aromatic hydroxyl groups is 1. The SMILES string of the molecule is C=CCN1CC(=O)N2[C@@H](Cc3ccc(O)cc3)CN(Cc3cc(C)cc4c3N(C)CCO4)C[C@@H]2N1C(=O)NCC1=CCCC=C1. The first kappa shape index (κ1) is 30.7. The number of carbonyl (C=O) groups is 2. The van der Waals surface area contributed by atoms with Crippen molar-refractivity contribution >= 4 is 17.6 Å². The van der Waals surface area contributed by atoms with Gasteiger partial charge in [-0.2, -0.15) is 0 Å². The van der Waals surface area contributed by atoms with E-state index >= 15 is 0 Å². The van der Waals surface area contributed by atoms with E-state index in [1.165, 1.54) is 5.56 Å². The molecule has 2 aromatic carbocycles. The predicted octanol–water partition coefficient (Wildman–Crippen LogP) is 3.82. The van der Waals surface area contributed by atoms with E-state index in [0.717, 1.165) is 47.5 Å². The molecule has 0 radical (unpaired) electrons. The molecule has 238 valence electrons. The van der Waals surface area contributed by atoms with Gasteiger partial charge in [-0.05, 0) is 66.6 Å². The first-order valence-corrected chi connectivity index (χ1v) is 15.9. The lowest BCUT2D eigenvalue weighted by Gasteiger charge is -2.55. The van der Waals surface area contributed by atoms with Crippen LogP contribution in [0.2, 0.25) is 0 Å². The number of hydrazine groups is 1. The molecular weight excluding hydrogens is 568 g/mol. The summed E-state index contributed by atoms with van der Waals surface area (Å²) in [5.41, 5.74) is 5.51. The van der Waals surface area contributed by atoms with Crippen molar-refractivity contribution in [1.82, 2.24) is 25.1 Å². The quantitative estimate of drug-likeness (QED) is 0.438. The Labute approximate surface area is 265 Å². The van der Waals surface area contributed by atoms with Gasteiger partial charge in [-0.1, -0.05) is 42.5 Å². The van der Waals surface area contributed by atoms with Gasteiger partial charge >= 0.3 is 6.03 Å². The van der Waals surface area contributed by atoms with Crippen molar-refractivity contribution in [3.05, 3.63) is 89.5 Å². The first-order chi connectivity index (χ1) is 21.8. The summed E-state index contributed by atoms with van der Waals surface area (Å²) in [7, 11) is 2.10. The minimum Gasteiger partial charge on any atom is -0.508 e. The van der Waals surface area contributed by atoms with Crippen LogP contribution in [0.3, 0.4) is 0 Å². The molecule has 0 bridgehead atoms. The third-order valence-electron chi connectivity index (χ3n) is 9.03. The number of ether oxygens (including phenoxy) is 1. The maximum Gasteiger partial charge on any atom is 0.334 e. The van der Waals surface area contributed by atoms with Gasteiger partial charge < -0.3 is 25.0 Å². The molecule has 1 aliphatic carbocycles. The molecule has 0 saturated carbocycles. The Bertz CT molecular complexity index is 1490. The zero-order chi connectivity index (χ0) is 31.5. The number of rotatable bonds is 8. The molecule has 3 aliphatic heterocycles. The topological polar surface area (TPSA) is 91.8 Å². The van der Waals surface area contributed by atoms with E-state index in [9.17, 15) is 14.7 Å². The highest BCUT2D eigenvalue weighted by Gasteiger charge is 2.48. The normalized spacial score (nSPS) is 22.0. The molecule has 0 unspecified atom stereocenters. The number of anilines is 1. The highest BCUT2D eigenvalue weighted by atomic mass is 16.5. The van der Waals surface area contributed by atoms with Gasteiger partial charge in [-0.25, -0.2) is 14.8 Å². The van der Waals surface area contributed by atoms with Crippen molar-refractivity contribution in [3.63, 3.8) is 0 Å². The van der Waals surface area contributed by atoms with E-state index < -0.39 is 6.17 Å². The van der Waals surface area contributed by atoms with E-state index in [1.807, 2.05) is 22.0 Å². The van der Waals surface area contributed by atoms with Crippen LogP contribution < -0.4 is 15.0 Å². The number of hydrogen-bond donors (Lipinski definition) is 2. The molecule has 2 saturated heterocycles. The van der Waals surface area contributed by atoms with Crippen LogP contribution in [0.25, 0.3) is 0 Å². The Kier molecular flexibility index (Phi) is 9.14. The Hall–Kier alpha value is -4.28. The largest absolute Gasteiger partial charge is 0.508 e. The molecule has 10 heteroatoms. The summed E-state index contributed by atoms with van der Waals surface area (Å²) in [5.74, 6) is 1.10. The van der Waals surface area contributed by atoms with Crippen LogP contribution in [0.1, 0.15) is 29.5 Å². The van der Waals surface area contributed by atoms with Gasteiger partial charge in [0.1, 0.15) is 24.3 Å². The molecule has 3 amide bonds. The number of amides is 3. The fourth-order valence-corrected chi connectivity index (χ4v) is 7.04. The minimum absolute atomic E-state index is 0.00619. The zero-order valence-corrected chi connectivity index (χ0v) is 26.3. The van der Waals surface area contributed by atoms with E-state index in [4.69, 9.17) is 4.74 Å². The van der Waals surface area contributed by atoms with E-state index in [1.54, 1.807) is 23.2 Å². The lowest BCUT2D eigenvalue weighted by Crippen LogP contribution is -2.75. The molecule has 2 N–H and O–H groups in total. The molecule has 0 spiro atoms. The lowest BCUT2D eigenvalue weighted by atomic mass is 9.98. The van der Waals surface area contributed by atoms with Crippen LogP contribution in [-0.4, -0.2) is 102 Å². The summed E-state index contributed by atoms with van der Waals surface area (Å²) in [4.78, 5) is 34.4. The molecule has 3 heterocycles. The average molecular weight is 613 g/mol. The summed E-state index contributed by atoms with van der Waals surface area (Å²) in [6.07, 6.45) is 10.2. The number of hydrogen-bond acceptors (Lipinski definition) is 7. The van der Waals surface area contributed by atoms with Gasteiger partial charge in [0.05, 0.1) is 24.8 Å². The third-order valence-corrected chi connectivity index (χ3v) is 9.03. The van der Waals surface area contributed by atoms with Gasteiger partial charge in [-0.3, -0.25) is 9.69 Å². The summed E-state index contributed by atoms with van der Waals surface area (Å²) in [6.45, 7) is 10.2. The Balaban J connectivity index is 1.33. The molecule has 45 heavy (non-hydrogen) atoms. The van der Waals surface area contributed by atoms with Crippen LogP contribution in [-0.2, 0) is 17.8 Å². The number of fused-ring (bicyclic) bond motifs is 2. The van der Waals surface area contributed by atoms with Crippen LogP contribution in [0.15, 0.2) is 72.9 Å². The highest BCUT2D eigenvalue weighted by Crippen LogP contribution is 2.37. The number of benzene rings is 2. The van der Waals surface area contributed by atoms with Gasteiger partial charge in [0.2, 0.25) is 5.91 Å². The fourth-order valence-electron chi connectivity index (χ4n) is 7.04. The van der Waals surface area contributed by atoms with Crippen molar-refractivity contribution in [1.29, 1.82) is 0 Å². The smallest absolute Gasteiger partial charge is 0.334 e. The maximum absolute atomic E-state index is 14.0. The number of allylic oxidation sites excluding steroid dienone is 2. The Morgan fingerprint density at radius 2 is 2.00 bits per heavy atom. The van der Waals surface area contributed by atoms with Gasteiger partial charge in [-0.15, -0.1) is 6.58 Å². The van der Waals surface area contributed by atoms with Crippen LogP contribution in [0.4, 0.5) is 10.5 Å². The number of nitrogens with one attached hydrogen (secondary N) is 1. The summed E-state index contributed by atoms with van der Waals surface area (Å²) < 4.78 is 6.06. The van der Waals surface area contributed by atoms with E-state index in [0.29, 0.717) is 45.8 Å². The molecule has 4 aliphatic rings. The van der Waals surface area contributed by atoms with Crippen LogP contribution in [0.5, 0.6) is 11.5 Å². The van der Waals surface area contributed by atoms with Crippen molar-refractivity contribution in [2.75, 3.05) is 57.8 Å². The minimum atomic E-state index is -0.507.